The minimum atomic E-state index is -0.114. The first-order chi connectivity index (χ1) is 13.6. The Labute approximate surface area is 174 Å². The van der Waals surface area contributed by atoms with Crippen LogP contribution in [0.4, 0.5) is 5.13 Å². The third-order valence-corrected chi connectivity index (χ3v) is 5.64. The Morgan fingerprint density at radius 3 is 2.57 bits per heavy atom. The predicted molar refractivity (Wildman–Crippen MR) is 117 cm³/mol. The fraction of sp³-hybridized carbons (Fsp3) is 0.273. The second-order valence-electron chi connectivity index (χ2n) is 6.39. The number of hydrogen-bond acceptors (Lipinski definition) is 4. The molecule has 0 atom stereocenters. The van der Waals surface area contributed by atoms with Crippen LogP contribution in [0.25, 0.3) is 11.3 Å². The maximum atomic E-state index is 13.2. The monoisotopic (exact) mass is 414 g/mol. The summed E-state index contributed by atoms with van der Waals surface area (Å²) >= 11 is 7.73. The molecule has 2 aromatic carbocycles. The summed E-state index contributed by atoms with van der Waals surface area (Å²) in [4.78, 5) is 19.7. The van der Waals surface area contributed by atoms with Crippen LogP contribution >= 0.6 is 22.9 Å². The van der Waals surface area contributed by atoms with Gasteiger partial charge < -0.3 is 4.74 Å². The second kappa shape index (κ2) is 9.71. The minimum absolute atomic E-state index is 0.114. The van der Waals surface area contributed by atoms with E-state index < -0.39 is 0 Å². The van der Waals surface area contributed by atoms with Crippen molar-refractivity contribution in [1.29, 1.82) is 0 Å². The van der Waals surface area contributed by atoms with Crippen LogP contribution in [0.5, 0.6) is 5.75 Å². The lowest BCUT2D eigenvalue weighted by Gasteiger charge is -2.20. The lowest BCUT2D eigenvalue weighted by molar-refractivity contribution is 0.0986. The normalized spacial score (nSPS) is 10.7. The molecule has 0 saturated carbocycles. The number of methoxy groups -OCH3 is 1. The molecule has 28 heavy (non-hydrogen) atoms. The first-order valence-corrected chi connectivity index (χ1v) is 10.6. The summed E-state index contributed by atoms with van der Waals surface area (Å²) in [5.74, 6) is 0.687. The quantitative estimate of drug-likeness (QED) is 0.405. The Bertz CT molecular complexity index is 924. The van der Waals surface area contributed by atoms with Crippen molar-refractivity contribution in [3.05, 3.63) is 64.5 Å². The van der Waals surface area contributed by atoms with Gasteiger partial charge in [-0.2, -0.15) is 0 Å². The van der Waals surface area contributed by atoms with Crippen LogP contribution in [-0.4, -0.2) is 24.5 Å². The Morgan fingerprint density at radius 2 is 1.89 bits per heavy atom. The zero-order valence-electron chi connectivity index (χ0n) is 16.0. The lowest BCUT2D eigenvalue weighted by Crippen LogP contribution is -2.32. The summed E-state index contributed by atoms with van der Waals surface area (Å²) in [6.07, 6.45) is 3.07. The van der Waals surface area contributed by atoms with E-state index in [1.807, 2.05) is 41.8 Å². The Hall–Kier alpha value is -2.37. The first kappa shape index (κ1) is 20.4. The maximum absolute atomic E-state index is 13.2. The molecule has 3 aromatic rings. The average Bonchev–Trinajstić information content (AvgIpc) is 3.21. The number of nitrogens with zero attached hydrogens (tertiary/aromatic N) is 2. The van der Waals surface area contributed by atoms with Gasteiger partial charge in [-0.05, 0) is 42.8 Å². The van der Waals surface area contributed by atoms with E-state index >= 15 is 0 Å². The standard InChI is InChI=1S/C22H23ClN2O2S/c1-3-4-7-14-25(21(26)18-8-5-6-9-19(18)23)22-24-20(15-28-22)16-10-12-17(27-2)13-11-16/h5-6,8-13,15H,3-4,7,14H2,1-2H3. The molecule has 6 heteroatoms. The number of anilines is 1. The van der Waals surface area contributed by atoms with E-state index in [9.17, 15) is 4.79 Å². The van der Waals surface area contributed by atoms with Gasteiger partial charge in [-0.25, -0.2) is 4.98 Å². The van der Waals surface area contributed by atoms with Gasteiger partial charge in [-0.15, -0.1) is 11.3 Å². The van der Waals surface area contributed by atoms with E-state index in [0.29, 0.717) is 22.3 Å². The zero-order chi connectivity index (χ0) is 19.9. The Morgan fingerprint density at radius 1 is 1.14 bits per heavy atom. The van der Waals surface area contributed by atoms with Gasteiger partial charge in [0.1, 0.15) is 5.75 Å². The highest BCUT2D eigenvalue weighted by molar-refractivity contribution is 7.14. The number of ether oxygens (including phenoxy) is 1. The highest BCUT2D eigenvalue weighted by Crippen LogP contribution is 2.30. The molecule has 4 nitrogen and oxygen atoms in total. The zero-order valence-corrected chi connectivity index (χ0v) is 17.6. The average molecular weight is 415 g/mol. The molecule has 1 amide bonds. The molecule has 0 saturated heterocycles. The fourth-order valence-corrected chi connectivity index (χ4v) is 3.94. The second-order valence-corrected chi connectivity index (χ2v) is 7.63. The number of halogens is 1. The molecule has 146 valence electrons. The molecule has 0 aliphatic rings. The summed E-state index contributed by atoms with van der Waals surface area (Å²) in [5, 5.41) is 3.12. The van der Waals surface area contributed by atoms with Gasteiger partial charge in [0.25, 0.3) is 5.91 Å². The number of unbranched alkanes of at least 4 members (excludes halogenated alkanes) is 2. The molecule has 0 fully saturated rings. The molecule has 0 spiro atoms. The largest absolute Gasteiger partial charge is 0.497 e. The third kappa shape index (κ3) is 4.72. The van der Waals surface area contributed by atoms with Gasteiger partial charge >= 0.3 is 0 Å². The highest BCUT2D eigenvalue weighted by Gasteiger charge is 2.22. The Kier molecular flexibility index (Phi) is 7.06. The minimum Gasteiger partial charge on any atom is -0.497 e. The summed E-state index contributed by atoms with van der Waals surface area (Å²) < 4.78 is 5.21. The first-order valence-electron chi connectivity index (χ1n) is 9.30. The molecule has 3 rings (SSSR count). The van der Waals surface area contributed by atoms with Gasteiger partial charge in [0.2, 0.25) is 0 Å². The van der Waals surface area contributed by atoms with E-state index in [-0.39, 0.29) is 5.91 Å². The van der Waals surface area contributed by atoms with Crippen molar-refractivity contribution in [3.8, 4) is 17.0 Å². The lowest BCUT2D eigenvalue weighted by atomic mass is 10.1. The number of carbonyl (C=O) groups is 1. The molecule has 0 aliphatic carbocycles. The van der Waals surface area contributed by atoms with Crippen molar-refractivity contribution in [1.82, 2.24) is 4.98 Å². The Balaban J connectivity index is 1.89. The van der Waals surface area contributed by atoms with Crippen LogP contribution < -0.4 is 9.64 Å². The van der Waals surface area contributed by atoms with Crippen LogP contribution in [0, 0.1) is 0 Å². The molecule has 0 radical (unpaired) electrons. The molecule has 0 aliphatic heterocycles. The predicted octanol–water partition coefficient (Wildman–Crippen LogP) is 6.31. The van der Waals surface area contributed by atoms with Crippen molar-refractivity contribution >= 4 is 34.0 Å². The molecule has 1 heterocycles. The summed E-state index contributed by atoms with van der Waals surface area (Å²) in [6, 6.07) is 14.9. The van der Waals surface area contributed by atoms with E-state index in [2.05, 4.69) is 6.92 Å². The van der Waals surface area contributed by atoms with Gasteiger partial charge in [-0.3, -0.25) is 9.69 Å². The smallest absolute Gasteiger partial charge is 0.261 e. The van der Waals surface area contributed by atoms with E-state index in [0.717, 1.165) is 36.3 Å². The van der Waals surface area contributed by atoms with Gasteiger partial charge in [-0.1, -0.05) is 43.5 Å². The third-order valence-electron chi connectivity index (χ3n) is 4.44. The number of hydrogen-bond donors (Lipinski definition) is 0. The van der Waals surface area contributed by atoms with Crippen LogP contribution in [0.3, 0.4) is 0 Å². The molecule has 1 aromatic heterocycles. The number of carbonyl (C=O) groups excluding carboxylic acids is 1. The summed E-state index contributed by atoms with van der Waals surface area (Å²) in [5.41, 5.74) is 2.33. The highest BCUT2D eigenvalue weighted by atomic mass is 35.5. The van der Waals surface area contributed by atoms with E-state index in [1.54, 1.807) is 24.1 Å². The van der Waals surface area contributed by atoms with Gasteiger partial charge in [0.05, 0.1) is 23.4 Å². The number of aromatic nitrogens is 1. The van der Waals surface area contributed by atoms with Crippen molar-refractivity contribution in [2.24, 2.45) is 0 Å². The van der Waals surface area contributed by atoms with Gasteiger partial charge in [0, 0.05) is 17.5 Å². The van der Waals surface area contributed by atoms with Crippen LogP contribution in [0.1, 0.15) is 36.5 Å². The van der Waals surface area contributed by atoms with Crippen molar-refractivity contribution in [2.75, 3.05) is 18.6 Å². The SMILES string of the molecule is CCCCCN(C(=O)c1ccccc1Cl)c1nc(-c2ccc(OC)cc2)cs1. The van der Waals surface area contributed by atoms with Crippen molar-refractivity contribution < 1.29 is 9.53 Å². The number of thiazole rings is 1. The number of amides is 1. The van der Waals surface area contributed by atoms with Crippen LogP contribution in [0.2, 0.25) is 5.02 Å². The number of benzene rings is 2. The number of rotatable bonds is 8. The van der Waals surface area contributed by atoms with Crippen molar-refractivity contribution in [3.63, 3.8) is 0 Å². The van der Waals surface area contributed by atoms with E-state index in [4.69, 9.17) is 21.3 Å². The fourth-order valence-electron chi connectivity index (χ4n) is 2.87. The van der Waals surface area contributed by atoms with Gasteiger partial charge in [0.15, 0.2) is 5.13 Å². The summed E-state index contributed by atoms with van der Waals surface area (Å²) in [6.45, 7) is 2.76. The van der Waals surface area contributed by atoms with Crippen molar-refractivity contribution in [2.45, 2.75) is 26.2 Å². The molecular weight excluding hydrogens is 392 g/mol. The van der Waals surface area contributed by atoms with Crippen LogP contribution in [0.15, 0.2) is 53.9 Å². The molecule has 0 N–H and O–H groups in total. The molecule has 0 bridgehead atoms. The topological polar surface area (TPSA) is 42.4 Å². The molecular formula is C22H23ClN2O2S. The van der Waals surface area contributed by atoms with Crippen LogP contribution in [-0.2, 0) is 0 Å². The molecule has 0 unspecified atom stereocenters. The maximum Gasteiger partial charge on any atom is 0.261 e. The summed E-state index contributed by atoms with van der Waals surface area (Å²) in [7, 11) is 1.64. The van der Waals surface area contributed by atoms with E-state index in [1.165, 1.54) is 11.3 Å².